The number of esters is 2. The number of halogens is 2. The van der Waals surface area contributed by atoms with Crippen LogP contribution in [0.5, 0.6) is 11.5 Å². The Morgan fingerprint density at radius 3 is 1.32 bits per heavy atom. The fraction of sp³-hybridized carbons (Fsp3) is 0. The summed E-state index contributed by atoms with van der Waals surface area (Å²) >= 11 is 6.88. The Bertz CT molecular complexity index is 1800. The van der Waals surface area contributed by atoms with Crippen molar-refractivity contribution >= 4 is 65.6 Å². The Morgan fingerprint density at radius 1 is 0.525 bits per heavy atom. The molecule has 0 amide bonds. The Labute approximate surface area is 245 Å². The smallest absolute Gasteiger partial charge is 0.344 e. The van der Waals surface area contributed by atoms with Crippen LogP contribution in [0.1, 0.15) is 20.7 Å². The Kier molecular flexibility index (Phi) is 7.11. The average Bonchev–Trinajstić information content (AvgIpc) is 2.98. The van der Waals surface area contributed by atoms with Gasteiger partial charge < -0.3 is 9.47 Å². The van der Waals surface area contributed by atoms with Crippen molar-refractivity contribution in [1.82, 2.24) is 9.97 Å². The van der Waals surface area contributed by atoms with Crippen LogP contribution < -0.4 is 9.47 Å². The highest BCUT2D eigenvalue weighted by Gasteiger charge is 2.26. The highest BCUT2D eigenvalue weighted by Crippen LogP contribution is 2.36. The molecule has 0 aliphatic carbocycles. The Hall–Kier alpha value is -4.40. The largest absolute Gasteiger partial charge is 0.422 e. The number of ether oxygens (including phenoxy) is 2. The van der Waals surface area contributed by atoms with Gasteiger partial charge in [-0.1, -0.05) is 60.7 Å². The fourth-order valence-electron chi connectivity index (χ4n) is 4.49. The number of fused-ring (bicyclic) bond motifs is 2. The summed E-state index contributed by atoms with van der Waals surface area (Å²) in [5.74, 6) is -0.466. The van der Waals surface area contributed by atoms with Gasteiger partial charge in [0.05, 0.1) is 31.1 Å². The summed E-state index contributed by atoms with van der Waals surface area (Å²) in [5, 5.41) is 1.16. The number of carbonyl (C=O) groups excluding carboxylic acids is 2. The summed E-state index contributed by atoms with van der Waals surface area (Å²) in [7, 11) is 0. The van der Waals surface area contributed by atoms with Gasteiger partial charge in [-0.15, -0.1) is 0 Å². The summed E-state index contributed by atoms with van der Waals surface area (Å²) in [5.41, 5.74) is 2.52. The van der Waals surface area contributed by atoms with Crippen LogP contribution in [-0.2, 0) is 0 Å². The Balaban J connectivity index is 1.58. The number of hydrogen-bond acceptors (Lipinski definition) is 6. The molecule has 0 fully saturated rings. The molecular weight excluding hydrogens is 636 g/mol. The van der Waals surface area contributed by atoms with E-state index in [-0.39, 0.29) is 11.1 Å². The minimum Gasteiger partial charge on any atom is -0.422 e. The van der Waals surface area contributed by atoms with Gasteiger partial charge in [-0.2, -0.15) is 0 Å². The second-order valence-electron chi connectivity index (χ2n) is 8.77. The zero-order valence-corrected chi connectivity index (χ0v) is 23.8. The summed E-state index contributed by atoms with van der Waals surface area (Å²) < 4.78 is 13.0. The molecule has 6 aromatic rings. The van der Waals surface area contributed by atoms with Gasteiger partial charge in [-0.05, 0) is 68.3 Å². The molecular formula is C32H18Br2N2O4. The highest BCUT2D eigenvalue weighted by molar-refractivity contribution is 9.10. The van der Waals surface area contributed by atoms with Crippen molar-refractivity contribution in [2.75, 3.05) is 0 Å². The molecule has 0 spiro atoms. The maximum absolute atomic E-state index is 13.8. The van der Waals surface area contributed by atoms with Gasteiger partial charge in [-0.3, -0.25) is 9.97 Å². The summed E-state index contributed by atoms with van der Waals surface area (Å²) in [6.07, 6.45) is 3.14. The van der Waals surface area contributed by atoms with Gasteiger partial charge in [0.25, 0.3) is 0 Å². The molecule has 40 heavy (non-hydrogen) atoms. The third kappa shape index (κ3) is 4.87. The lowest BCUT2D eigenvalue weighted by Gasteiger charge is -2.16. The molecule has 0 saturated carbocycles. The van der Waals surface area contributed by atoms with Crippen molar-refractivity contribution in [3.8, 4) is 22.6 Å². The summed E-state index contributed by atoms with van der Waals surface area (Å²) in [6.45, 7) is 0. The third-order valence-electron chi connectivity index (χ3n) is 6.33. The Morgan fingerprint density at radius 2 is 0.900 bits per heavy atom. The van der Waals surface area contributed by atoms with Crippen molar-refractivity contribution in [2.24, 2.45) is 0 Å². The quantitative estimate of drug-likeness (QED) is 0.137. The second kappa shape index (κ2) is 11.0. The predicted molar refractivity (Wildman–Crippen MR) is 161 cm³/mol. The number of benzene rings is 4. The van der Waals surface area contributed by atoms with Crippen LogP contribution >= 0.6 is 31.9 Å². The standard InChI is InChI=1S/C32H18Br2N2O4/c33-23-11-3-7-15-27(23)39-31(37)29-19-9-1-5-13-25(19)35-17-21(29)22-18-36-26-14-6-2-10-20(26)30(22)32(38)40-28-16-8-4-12-24(28)34/h1-18H. The lowest BCUT2D eigenvalue weighted by Crippen LogP contribution is -2.15. The van der Waals surface area contributed by atoms with Crippen molar-refractivity contribution < 1.29 is 19.1 Å². The van der Waals surface area contributed by atoms with Crippen LogP contribution in [0.4, 0.5) is 0 Å². The lowest BCUT2D eigenvalue weighted by molar-refractivity contribution is 0.0724. The molecule has 0 radical (unpaired) electrons. The van der Waals surface area contributed by atoms with E-state index in [1.165, 1.54) is 0 Å². The topological polar surface area (TPSA) is 78.4 Å². The van der Waals surface area contributed by atoms with E-state index in [4.69, 9.17) is 9.47 Å². The molecule has 4 aromatic carbocycles. The molecule has 0 saturated heterocycles. The molecule has 0 bridgehead atoms. The molecule has 6 nitrogen and oxygen atoms in total. The number of nitrogens with zero attached hydrogens (tertiary/aromatic N) is 2. The van der Waals surface area contributed by atoms with Gasteiger partial charge in [0.2, 0.25) is 0 Å². The van der Waals surface area contributed by atoms with Gasteiger partial charge in [0.1, 0.15) is 11.5 Å². The molecule has 6 rings (SSSR count). The fourth-order valence-corrected chi connectivity index (χ4v) is 5.22. The molecule has 0 atom stereocenters. The molecule has 2 aromatic heterocycles. The van der Waals surface area contributed by atoms with Crippen LogP contribution in [0.15, 0.2) is 118 Å². The summed E-state index contributed by atoms with van der Waals surface area (Å²) in [6, 6.07) is 28.8. The first-order valence-electron chi connectivity index (χ1n) is 12.2. The molecule has 0 unspecified atom stereocenters. The number of para-hydroxylation sites is 4. The molecule has 0 aliphatic heterocycles. The lowest BCUT2D eigenvalue weighted by atomic mass is 9.93. The van der Waals surface area contributed by atoms with Crippen LogP contribution in [0, 0.1) is 0 Å². The highest BCUT2D eigenvalue weighted by atomic mass is 79.9. The van der Waals surface area contributed by atoms with Crippen molar-refractivity contribution in [2.45, 2.75) is 0 Å². The van der Waals surface area contributed by atoms with Crippen molar-refractivity contribution in [3.63, 3.8) is 0 Å². The zero-order valence-electron chi connectivity index (χ0n) is 20.7. The SMILES string of the molecule is O=C(Oc1ccccc1Br)c1c(-c2cnc3ccccc3c2C(=O)Oc2ccccc2Br)cnc2ccccc12. The number of pyridine rings is 2. The predicted octanol–water partition coefficient (Wildman–Crippen LogP) is 8.41. The minimum absolute atomic E-state index is 0.258. The van der Waals surface area contributed by atoms with Crippen LogP contribution in [0.3, 0.4) is 0 Å². The molecule has 194 valence electrons. The van der Waals surface area contributed by atoms with Crippen molar-refractivity contribution in [3.05, 3.63) is 130 Å². The second-order valence-corrected chi connectivity index (χ2v) is 10.5. The van der Waals surface area contributed by atoms with E-state index in [2.05, 4.69) is 41.8 Å². The summed E-state index contributed by atoms with van der Waals surface area (Å²) in [4.78, 5) is 36.9. The molecule has 2 heterocycles. The van der Waals surface area contributed by atoms with E-state index < -0.39 is 11.9 Å². The first kappa shape index (κ1) is 25.9. The first-order valence-corrected chi connectivity index (χ1v) is 13.8. The average molecular weight is 654 g/mol. The van der Waals surface area contributed by atoms with E-state index in [1.54, 1.807) is 60.9 Å². The zero-order chi connectivity index (χ0) is 27.6. The maximum Gasteiger partial charge on any atom is 0.344 e. The number of hydrogen-bond donors (Lipinski definition) is 0. The van der Waals surface area contributed by atoms with Crippen LogP contribution in [-0.4, -0.2) is 21.9 Å². The van der Waals surface area contributed by atoms with Gasteiger partial charge in [0, 0.05) is 34.3 Å². The number of carbonyl (C=O) groups is 2. The molecule has 8 heteroatoms. The van der Waals surface area contributed by atoms with Crippen LogP contribution in [0.25, 0.3) is 32.9 Å². The maximum atomic E-state index is 13.8. The van der Waals surface area contributed by atoms with E-state index in [0.29, 0.717) is 53.4 Å². The molecule has 0 N–H and O–H groups in total. The number of rotatable bonds is 5. The van der Waals surface area contributed by atoms with E-state index >= 15 is 0 Å². The minimum atomic E-state index is -0.598. The van der Waals surface area contributed by atoms with Gasteiger partial charge >= 0.3 is 11.9 Å². The van der Waals surface area contributed by atoms with E-state index in [9.17, 15) is 9.59 Å². The number of aromatic nitrogens is 2. The van der Waals surface area contributed by atoms with Crippen LogP contribution in [0.2, 0.25) is 0 Å². The molecule has 0 aliphatic rings. The monoisotopic (exact) mass is 652 g/mol. The van der Waals surface area contributed by atoms with Gasteiger partial charge in [-0.25, -0.2) is 9.59 Å². The van der Waals surface area contributed by atoms with E-state index in [1.807, 2.05) is 48.5 Å². The first-order chi connectivity index (χ1) is 19.5. The normalized spacial score (nSPS) is 10.9. The van der Waals surface area contributed by atoms with E-state index in [0.717, 1.165) is 0 Å². The van der Waals surface area contributed by atoms with Crippen molar-refractivity contribution in [1.29, 1.82) is 0 Å². The third-order valence-corrected chi connectivity index (χ3v) is 7.64. The van der Waals surface area contributed by atoms with Gasteiger partial charge in [0.15, 0.2) is 0 Å².